The Labute approximate surface area is 150 Å². The number of aliphatic carboxylic acids is 2. The first-order chi connectivity index (χ1) is 12.4. The summed E-state index contributed by atoms with van der Waals surface area (Å²) in [7, 11) is 0. The van der Waals surface area contributed by atoms with E-state index in [4.69, 9.17) is 21.7 Å². The van der Waals surface area contributed by atoms with Gasteiger partial charge in [-0.2, -0.15) is 10.2 Å². The van der Waals surface area contributed by atoms with Crippen LogP contribution in [0.5, 0.6) is 0 Å². The molecule has 2 rings (SSSR count). The number of rotatable bonds is 8. The molecule has 0 saturated carbocycles. The number of nitrogens with two attached hydrogens (primary N) is 2. The zero-order valence-electron chi connectivity index (χ0n) is 13.9. The normalized spacial score (nSPS) is 13.5. The van der Waals surface area contributed by atoms with Gasteiger partial charge in [0.2, 0.25) is 0 Å². The van der Waals surface area contributed by atoms with E-state index in [0.29, 0.717) is 22.5 Å². The van der Waals surface area contributed by atoms with Crippen molar-refractivity contribution in [2.75, 3.05) is 0 Å². The van der Waals surface area contributed by atoms with E-state index in [1.807, 2.05) is 0 Å². The molecule has 8 heteroatoms. The molecule has 0 aliphatic heterocycles. The standard InChI is InChI=1S/C18H20N4O4/c19-13(17(23)24)9-11-5-1-3-7-15(11)21-22-16-8-4-2-6-12(16)10-14(20)18(25)26/h1-8,13-14H,9-10,19-20H2,(H,23,24)(H,25,26). The van der Waals surface area contributed by atoms with Crippen molar-refractivity contribution in [3.8, 4) is 0 Å². The molecule has 0 aliphatic carbocycles. The highest BCUT2D eigenvalue weighted by molar-refractivity contribution is 5.74. The third-order valence-electron chi connectivity index (χ3n) is 3.76. The topological polar surface area (TPSA) is 151 Å². The molecule has 0 radical (unpaired) electrons. The minimum Gasteiger partial charge on any atom is -0.480 e. The molecule has 0 spiro atoms. The van der Waals surface area contributed by atoms with Gasteiger partial charge in [0.05, 0.1) is 11.4 Å². The molecule has 0 saturated heterocycles. The van der Waals surface area contributed by atoms with Gasteiger partial charge in [0.25, 0.3) is 0 Å². The van der Waals surface area contributed by atoms with Gasteiger partial charge in [-0.05, 0) is 23.3 Å². The summed E-state index contributed by atoms with van der Waals surface area (Å²) < 4.78 is 0. The number of azo groups is 1. The van der Waals surface area contributed by atoms with Gasteiger partial charge in [0, 0.05) is 12.8 Å². The van der Waals surface area contributed by atoms with E-state index >= 15 is 0 Å². The number of benzene rings is 2. The lowest BCUT2D eigenvalue weighted by Gasteiger charge is -2.10. The summed E-state index contributed by atoms with van der Waals surface area (Å²) in [4.78, 5) is 21.9. The van der Waals surface area contributed by atoms with Crippen molar-refractivity contribution in [2.24, 2.45) is 21.7 Å². The maximum absolute atomic E-state index is 11.0. The van der Waals surface area contributed by atoms with Crippen LogP contribution in [-0.4, -0.2) is 34.2 Å². The zero-order valence-corrected chi connectivity index (χ0v) is 13.9. The second-order valence-corrected chi connectivity index (χ2v) is 5.76. The lowest BCUT2D eigenvalue weighted by Crippen LogP contribution is -2.32. The molecular weight excluding hydrogens is 336 g/mol. The van der Waals surface area contributed by atoms with E-state index in [9.17, 15) is 9.59 Å². The molecule has 0 bridgehead atoms. The monoisotopic (exact) mass is 356 g/mol. The highest BCUT2D eigenvalue weighted by atomic mass is 16.4. The van der Waals surface area contributed by atoms with Gasteiger partial charge >= 0.3 is 11.9 Å². The molecule has 2 atom stereocenters. The Kier molecular flexibility index (Phi) is 6.54. The van der Waals surface area contributed by atoms with Gasteiger partial charge in [-0.25, -0.2) is 0 Å². The van der Waals surface area contributed by atoms with E-state index in [0.717, 1.165) is 0 Å². The molecule has 6 N–H and O–H groups in total. The van der Waals surface area contributed by atoms with E-state index < -0.39 is 24.0 Å². The Morgan fingerprint density at radius 3 is 1.46 bits per heavy atom. The van der Waals surface area contributed by atoms with Crippen LogP contribution in [0.25, 0.3) is 0 Å². The largest absolute Gasteiger partial charge is 0.480 e. The predicted molar refractivity (Wildman–Crippen MR) is 95.7 cm³/mol. The first-order valence-electron chi connectivity index (χ1n) is 7.92. The third-order valence-corrected chi connectivity index (χ3v) is 3.76. The highest BCUT2D eigenvalue weighted by Gasteiger charge is 2.15. The van der Waals surface area contributed by atoms with Crippen LogP contribution in [-0.2, 0) is 22.4 Å². The molecule has 2 aromatic rings. The fourth-order valence-electron chi connectivity index (χ4n) is 2.32. The van der Waals surface area contributed by atoms with Gasteiger partial charge in [-0.3, -0.25) is 9.59 Å². The van der Waals surface area contributed by atoms with Crippen molar-refractivity contribution in [2.45, 2.75) is 24.9 Å². The molecule has 0 fully saturated rings. The average molecular weight is 356 g/mol. The SMILES string of the molecule is NC(Cc1ccccc1N=Nc1ccccc1CC(N)C(=O)O)C(=O)O. The maximum Gasteiger partial charge on any atom is 0.320 e. The Morgan fingerprint density at radius 2 is 1.12 bits per heavy atom. The third kappa shape index (κ3) is 5.20. The summed E-state index contributed by atoms with van der Waals surface area (Å²) in [5.74, 6) is -2.19. The Hall–Kier alpha value is -3.10. The summed E-state index contributed by atoms with van der Waals surface area (Å²) in [5, 5.41) is 26.3. The fraction of sp³-hybridized carbons (Fsp3) is 0.222. The number of carboxylic acids is 2. The van der Waals surface area contributed by atoms with Crippen molar-refractivity contribution in [3.05, 3.63) is 59.7 Å². The van der Waals surface area contributed by atoms with Gasteiger partial charge in [0.15, 0.2) is 0 Å². The van der Waals surface area contributed by atoms with Crippen molar-refractivity contribution in [1.82, 2.24) is 0 Å². The first kappa shape index (κ1) is 19.2. The second-order valence-electron chi connectivity index (χ2n) is 5.76. The lowest BCUT2D eigenvalue weighted by molar-refractivity contribution is -0.139. The van der Waals surface area contributed by atoms with Crippen LogP contribution in [0.1, 0.15) is 11.1 Å². The molecule has 26 heavy (non-hydrogen) atoms. The Balaban J connectivity index is 2.26. The highest BCUT2D eigenvalue weighted by Crippen LogP contribution is 2.26. The van der Waals surface area contributed by atoms with E-state index in [1.54, 1.807) is 48.5 Å². The molecule has 0 aromatic heterocycles. The minimum absolute atomic E-state index is 0.121. The van der Waals surface area contributed by atoms with Crippen molar-refractivity contribution >= 4 is 23.3 Å². The second kappa shape index (κ2) is 8.84. The molecule has 0 amide bonds. The number of carbonyl (C=O) groups is 2. The van der Waals surface area contributed by atoms with Gasteiger partial charge in [-0.1, -0.05) is 36.4 Å². The van der Waals surface area contributed by atoms with Crippen LogP contribution in [0.15, 0.2) is 58.8 Å². The Morgan fingerprint density at radius 1 is 0.769 bits per heavy atom. The fourth-order valence-corrected chi connectivity index (χ4v) is 2.32. The zero-order chi connectivity index (χ0) is 19.1. The summed E-state index contributed by atoms with van der Waals surface area (Å²) in [6.07, 6.45) is 0.242. The van der Waals surface area contributed by atoms with Crippen LogP contribution < -0.4 is 11.5 Å². The molecule has 2 unspecified atom stereocenters. The number of hydrogen-bond acceptors (Lipinski definition) is 6. The van der Waals surface area contributed by atoms with Gasteiger partial charge in [-0.15, -0.1) is 0 Å². The average Bonchev–Trinajstić information content (AvgIpc) is 2.61. The van der Waals surface area contributed by atoms with Gasteiger partial charge < -0.3 is 21.7 Å². The number of carboxylic acid groups (broad SMARTS) is 2. The smallest absolute Gasteiger partial charge is 0.320 e. The summed E-state index contributed by atoms with van der Waals surface area (Å²) in [5.41, 5.74) is 13.5. The van der Waals surface area contributed by atoms with Gasteiger partial charge in [0.1, 0.15) is 12.1 Å². The lowest BCUT2D eigenvalue weighted by atomic mass is 10.0. The quantitative estimate of drug-likeness (QED) is 0.531. The van der Waals surface area contributed by atoms with Crippen molar-refractivity contribution in [3.63, 3.8) is 0 Å². The van der Waals surface area contributed by atoms with Crippen molar-refractivity contribution in [1.29, 1.82) is 0 Å². The molecule has 0 heterocycles. The summed E-state index contributed by atoms with van der Waals surface area (Å²) in [6, 6.07) is 11.9. The molecular formula is C18H20N4O4. The molecule has 8 nitrogen and oxygen atoms in total. The number of nitrogens with zero attached hydrogens (tertiary/aromatic N) is 2. The minimum atomic E-state index is -1.09. The summed E-state index contributed by atoms with van der Waals surface area (Å²) >= 11 is 0. The maximum atomic E-state index is 11.0. The van der Waals surface area contributed by atoms with E-state index in [1.165, 1.54) is 0 Å². The van der Waals surface area contributed by atoms with Crippen LogP contribution in [0.3, 0.4) is 0 Å². The van der Waals surface area contributed by atoms with E-state index in [2.05, 4.69) is 10.2 Å². The molecule has 0 aliphatic rings. The van der Waals surface area contributed by atoms with Crippen LogP contribution in [0.4, 0.5) is 11.4 Å². The Bertz CT molecular complexity index is 755. The molecule has 2 aromatic carbocycles. The first-order valence-corrected chi connectivity index (χ1v) is 7.92. The van der Waals surface area contributed by atoms with Crippen LogP contribution in [0, 0.1) is 0 Å². The van der Waals surface area contributed by atoms with Crippen LogP contribution in [0.2, 0.25) is 0 Å². The number of hydrogen-bond donors (Lipinski definition) is 4. The predicted octanol–water partition coefficient (Wildman–Crippen LogP) is 2.01. The summed E-state index contributed by atoms with van der Waals surface area (Å²) in [6.45, 7) is 0. The molecule has 136 valence electrons. The van der Waals surface area contributed by atoms with Crippen molar-refractivity contribution < 1.29 is 19.8 Å². The van der Waals surface area contributed by atoms with Crippen LogP contribution >= 0.6 is 0 Å². The van der Waals surface area contributed by atoms with E-state index in [-0.39, 0.29) is 12.8 Å².